The smallest absolute Gasteiger partial charge is 0.124 e. The van der Waals surface area contributed by atoms with Gasteiger partial charge in [-0.25, -0.2) is 4.98 Å². The molecule has 46 heavy (non-hydrogen) atoms. The summed E-state index contributed by atoms with van der Waals surface area (Å²) in [5.41, 5.74) is 9.17. The highest BCUT2D eigenvalue weighted by atomic mass is 32.1. The van der Waals surface area contributed by atoms with Crippen molar-refractivity contribution < 1.29 is 0 Å². The third-order valence-electron chi connectivity index (χ3n) is 8.91. The summed E-state index contributed by atoms with van der Waals surface area (Å²) in [4.78, 5) is 6.36. The van der Waals surface area contributed by atoms with E-state index in [1.165, 1.54) is 57.8 Å². The number of para-hydroxylation sites is 1. The van der Waals surface area contributed by atoms with Crippen molar-refractivity contribution in [3.8, 4) is 16.3 Å². The number of thiazole rings is 1. The van der Waals surface area contributed by atoms with Crippen molar-refractivity contribution in [3.63, 3.8) is 0 Å². The van der Waals surface area contributed by atoms with Gasteiger partial charge in [-0.1, -0.05) is 97.6 Å². The van der Waals surface area contributed by atoms with Gasteiger partial charge in [0.15, 0.2) is 0 Å². The Morgan fingerprint density at radius 1 is 0.696 bits per heavy atom. The van der Waals surface area contributed by atoms with Gasteiger partial charge in [-0.3, -0.25) is 0 Å². The van der Waals surface area contributed by atoms with E-state index in [-0.39, 0.29) is 0 Å². The van der Waals surface area contributed by atoms with Gasteiger partial charge in [0.25, 0.3) is 0 Å². The van der Waals surface area contributed by atoms with Crippen LogP contribution < -0.4 is 0 Å². The zero-order valence-electron chi connectivity index (χ0n) is 25.2. The molecule has 0 bridgehead atoms. The minimum absolute atomic E-state index is 1.03. The molecule has 9 aromatic rings. The monoisotopic (exact) mass is 624 g/mol. The van der Waals surface area contributed by atoms with E-state index in [4.69, 9.17) is 4.98 Å². The van der Waals surface area contributed by atoms with Crippen LogP contribution in [0.4, 0.5) is 0 Å². The quantitative estimate of drug-likeness (QED) is 0.186. The van der Waals surface area contributed by atoms with Crippen LogP contribution in [0.25, 0.3) is 80.8 Å². The van der Waals surface area contributed by atoms with Gasteiger partial charge in [-0.05, 0) is 77.4 Å². The maximum atomic E-state index is 5.14. The summed E-state index contributed by atoms with van der Waals surface area (Å²) in [5.74, 6) is 0. The van der Waals surface area contributed by atoms with E-state index in [2.05, 4.69) is 152 Å². The number of fused-ring (bicyclic) bond motifs is 8. The second kappa shape index (κ2) is 10.7. The van der Waals surface area contributed by atoms with Gasteiger partial charge in [0.05, 0.1) is 21.3 Å². The summed E-state index contributed by atoms with van der Waals surface area (Å²) < 4.78 is 4.87. The van der Waals surface area contributed by atoms with Gasteiger partial charge in [0.2, 0.25) is 0 Å². The molecule has 2 nitrogen and oxygen atoms in total. The van der Waals surface area contributed by atoms with Crippen LogP contribution in [0, 0.1) is 0 Å². The maximum Gasteiger partial charge on any atom is 0.124 e. The Balaban J connectivity index is 1.17. The maximum absolute atomic E-state index is 5.14. The van der Waals surface area contributed by atoms with Gasteiger partial charge >= 0.3 is 0 Å². The Bertz CT molecular complexity index is 2650. The van der Waals surface area contributed by atoms with Gasteiger partial charge < -0.3 is 4.57 Å². The first-order valence-corrected chi connectivity index (χ1v) is 17.1. The Labute approximate surface area is 274 Å². The van der Waals surface area contributed by atoms with Crippen molar-refractivity contribution in [2.24, 2.45) is 0 Å². The molecule has 0 aliphatic heterocycles. The lowest BCUT2D eigenvalue weighted by atomic mass is 10.0. The fraction of sp³-hybridized carbons (Fsp3) is 0.0238. The molecule has 0 N–H and O–H groups in total. The van der Waals surface area contributed by atoms with Crippen LogP contribution in [-0.2, 0) is 0 Å². The van der Waals surface area contributed by atoms with Gasteiger partial charge in [0.1, 0.15) is 5.01 Å². The summed E-state index contributed by atoms with van der Waals surface area (Å²) in [6, 6.07) is 45.6. The lowest BCUT2D eigenvalue weighted by molar-refractivity contribution is 1.18. The standard InChI is InChI=1S/C42H28N2S2/c1-3-11-33-39-37(45-40(33)26(2)27-12-5-4-6-13-27)25-23-34-41(39)46-42(43-34)29-18-21-30(22-19-29)44-35-17-10-9-16-32(35)38-31-15-8-7-14-28(31)20-24-36(38)44/h3-25H,2H2,1H3/b11-3-. The number of hydrogen-bond acceptors (Lipinski definition) is 3. The SMILES string of the molecule is C=C(c1ccccc1)c1sc2ccc3nc(-c4ccc(-n5c6ccccc6c6c7ccccc7ccc65)cc4)sc3c2c1/C=C\C. The van der Waals surface area contributed by atoms with Gasteiger partial charge in [0, 0.05) is 42.6 Å². The van der Waals surface area contributed by atoms with Crippen molar-refractivity contribution in [3.05, 3.63) is 156 Å². The van der Waals surface area contributed by atoms with E-state index in [9.17, 15) is 0 Å². The molecule has 0 radical (unpaired) electrons. The van der Waals surface area contributed by atoms with E-state index in [1.54, 1.807) is 11.3 Å². The molecule has 218 valence electrons. The largest absolute Gasteiger partial charge is 0.309 e. The summed E-state index contributed by atoms with van der Waals surface area (Å²) >= 11 is 3.59. The fourth-order valence-corrected chi connectivity index (χ4v) is 9.19. The molecule has 0 aliphatic rings. The lowest BCUT2D eigenvalue weighted by Crippen LogP contribution is -1.93. The van der Waals surface area contributed by atoms with E-state index in [0.717, 1.165) is 32.9 Å². The second-order valence-corrected chi connectivity index (χ2v) is 13.6. The predicted octanol–water partition coefficient (Wildman–Crippen LogP) is 12.5. The van der Waals surface area contributed by atoms with Crippen molar-refractivity contribution in [2.45, 2.75) is 6.92 Å². The van der Waals surface area contributed by atoms with E-state index in [0.29, 0.717) is 0 Å². The highest BCUT2D eigenvalue weighted by Crippen LogP contribution is 2.45. The van der Waals surface area contributed by atoms with E-state index >= 15 is 0 Å². The van der Waals surface area contributed by atoms with Crippen LogP contribution in [0.3, 0.4) is 0 Å². The third kappa shape index (κ3) is 4.11. The Morgan fingerprint density at radius 2 is 1.46 bits per heavy atom. The lowest BCUT2D eigenvalue weighted by Gasteiger charge is -2.09. The van der Waals surface area contributed by atoms with Crippen molar-refractivity contribution in [1.29, 1.82) is 0 Å². The van der Waals surface area contributed by atoms with Crippen molar-refractivity contribution >= 4 is 87.2 Å². The molecule has 0 saturated heterocycles. The Morgan fingerprint density at radius 3 is 2.28 bits per heavy atom. The summed E-state index contributed by atoms with van der Waals surface area (Å²) in [7, 11) is 0. The molecule has 3 aromatic heterocycles. The van der Waals surface area contributed by atoms with Crippen molar-refractivity contribution in [1.82, 2.24) is 9.55 Å². The molecule has 4 heteroatoms. The number of rotatable bonds is 5. The van der Waals surface area contributed by atoms with Crippen LogP contribution in [0.5, 0.6) is 0 Å². The average Bonchev–Trinajstić information content (AvgIpc) is 3.80. The number of allylic oxidation sites excluding steroid dienone is 1. The van der Waals surface area contributed by atoms with Crippen LogP contribution in [0.2, 0.25) is 0 Å². The Hall–Kier alpha value is -5.29. The first kappa shape index (κ1) is 27.1. The molecule has 0 amide bonds. The third-order valence-corrected chi connectivity index (χ3v) is 11.3. The first-order chi connectivity index (χ1) is 22.7. The molecular formula is C42H28N2S2. The number of hydrogen-bond donors (Lipinski definition) is 0. The average molecular weight is 625 g/mol. The van der Waals surface area contributed by atoms with E-state index in [1.807, 2.05) is 17.4 Å². The van der Waals surface area contributed by atoms with Crippen molar-refractivity contribution in [2.75, 3.05) is 0 Å². The van der Waals surface area contributed by atoms with Gasteiger partial charge in [-0.2, -0.15) is 0 Å². The molecule has 0 unspecified atom stereocenters. The molecule has 9 rings (SSSR count). The van der Waals surface area contributed by atoms with Gasteiger partial charge in [-0.15, -0.1) is 22.7 Å². The number of thiophene rings is 1. The zero-order chi connectivity index (χ0) is 30.8. The number of aromatic nitrogens is 2. The molecule has 0 saturated carbocycles. The normalized spacial score (nSPS) is 12.0. The second-order valence-electron chi connectivity index (χ2n) is 11.6. The number of nitrogens with zero attached hydrogens (tertiary/aromatic N) is 2. The minimum Gasteiger partial charge on any atom is -0.309 e. The first-order valence-electron chi connectivity index (χ1n) is 15.4. The Kier molecular flexibility index (Phi) is 6.27. The number of benzene rings is 6. The summed E-state index contributed by atoms with van der Waals surface area (Å²) in [6.07, 6.45) is 4.35. The molecule has 0 aliphatic carbocycles. The van der Waals surface area contributed by atoms with Crippen LogP contribution in [-0.4, -0.2) is 9.55 Å². The molecular weight excluding hydrogens is 597 g/mol. The highest BCUT2D eigenvalue weighted by molar-refractivity contribution is 7.25. The highest BCUT2D eigenvalue weighted by Gasteiger charge is 2.19. The van der Waals surface area contributed by atoms with Crippen LogP contribution >= 0.6 is 22.7 Å². The molecule has 6 aromatic carbocycles. The minimum atomic E-state index is 1.03. The topological polar surface area (TPSA) is 17.8 Å². The summed E-state index contributed by atoms with van der Waals surface area (Å²) in [5, 5.41) is 7.42. The zero-order valence-corrected chi connectivity index (χ0v) is 26.8. The molecule has 3 heterocycles. The molecule has 0 spiro atoms. The molecule has 0 atom stereocenters. The van der Waals surface area contributed by atoms with Crippen LogP contribution in [0.1, 0.15) is 22.9 Å². The van der Waals surface area contributed by atoms with E-state index < -0.39 is 0 Å². The fourth-order valence-electron chi connectivity index (χ4n) is 6.81. The predicted molar refractivity (Wildman–Crippen MR) is 202 cm³/mol. The summed E-state index contributed by atoms with van der Waals surface area (Å²) in [6.45, 7) is 6.59. The molecule has 0 fully saturated rings. The van der Waals surface area contributed by atoms with Crippen LogP contribution in [0.15, 0.2) is 140 Å².